The normalized spacial score (nSPS) is 28.0. The number of nitrogens with zero attached hydrogens (tertiary/aromatic N) is 3. The van der Waals surface area contributed by atoms with Crippen molar-refractivity contribution in [2.24, 2.45) is 11.8 Å². The van der Waals surface area contributed by atoms with Crippen LogP contribution < -0.4 is 0 Å². The molecular formula is C18H29N3O3. The van der Waals surface area contributed by atoms with Crippen LogP contribution in [0.4, 0.5) is 0 Å². The first-order valence-corrected chi connectivity index (χ1v) is 9.38. The highest BCUT2D eigenvalue weighted by Gasteiger charge is 2.42. The molecule has 3 aliphatic rings. The number of piperidine rings is 2. The second-order valence-corrected chi connectivity index (χ2v) is 7.51. The van der Waals surface area contributed by atoms with Gasteiger partial charge in [0, 0.05) is 25.6 Å². The monoisotopic (exact) mass is 335 g/mol. The molecule has 134 valence electrons. The summed E-state index contributed by atoms with van der Waals surface area (Å²) < 4.78 is 0. The van der Waals surface area contributed by atoms with E-state index in [0.29, 0.717) is 18.9 Å². The lowest BCUT2D eigenvalue weighted by Crippen LogP contribution is -2.49. The van der Waals surface area contributed by atoms with E-state index in [-0.39, 0.29) is 23.8 Å². The Bertz CT molecular complexity index is 506. The van der Waals surface area contributed by atoms with E-state index in [4.69, 9.17) is 0 Å². The Morgan fingerprint density at radius 3 is 2.21 bits per heavy atom. The molecule has 0 aromatic carbocycles. The minimum Gasteiger partial charge on any atom is -0.342 e. The number of amides is 3. The lowest BCUT2D eigenvalue weighted by Gasteiger charge is -2.38. The molecule has 0 radical (unpaired) electrons. The third-order valence-corrected chi connectivity index (χ3v) is 5.95. The highest BCUT2D eigenvalue weighted by atomic mass is 16.2. The Balaban J connectivity index is 1.52. The summed E-state index contributed by atoms with van der Waals surface area (Å²) >= 11 is 0. The fraction of sp³-hybridized carbons (Fsp3) is 0.833. The molecule has 6 nitrogen and oxygen atoms in total. The molecule has 0 spiro atoms. The minimum atomic E-state index is -0.302. The lowest BCUT2D eigenvalue weighted by atomic mass is 9.92. The molecule has 3 aliphatic heterocycles. The van der Waals surface area contributed by atoms with Gasteiger partial charge in [-0.3, -0.25) is 24.2 Å². The van der Waals surface area contributed by atoms with Gasteiger partial charge in [0.05, 0.1) is 12.5 Å². The molecule has 0 aromatic heterocycles. The van der Waals surface area contributed by atoms with Crippen LogP contribution in [-0.4, -0.2) is 71.2 Å². The van der Waals surface area contributed by atoms with Crippen LogP contribution in [0.2, 0.25) is 0 Å². The van der Waals surface area contributed by atoms with Gasteiger partial charge in [0.2, 0.25) is 17.7 Å². The van der Waals surface area contributed by atoms with Gasteiger partial charge in [-0.15, -0.1) is 0 Å². The predicted molar refractivity (Wildman–Crippen MR) is 90.1 cm³/mol. The minimum absolute atomic E-state index is 0.0581. The van der Waals surface area contributed by atoms with Crippen molar-refractivity contribution in [1.29, 1.82) is 0 Å². The van der Waals surface area contributed by atoms with Gasteiger partial charge >= 0.3 is 0 Å². The van der Waals surface area contributed by atoms with Crippen LogP contribution >= 0.6 is 0 Å². The van der Waals surface area contributed by atoms with E-state index in [2.05, 4.69) is 11.8 Å². The summed E-state index contributed by atoms with van der Waals surface area (Å²) in [4.78, 5) is 42.4. The molecule has 3 heterocycles. The zero-order chi connectivity index (χ0) is 17.3. The number of imide groups is 1. The molecule has 24 heavy (non-hydrogen) atoms. The second kappa shape index (κ2) is 7.21. The van der Waals surface area contributed by atoms with E-state index in [0.717, 1.165) is 57.8 Å². The molecule has 0 aliphatic carbocycles. The predicted octanol–water partition coefficient (Wildman–Crippen LogP) is 1.10. The molecule has 3 rings (SSSR count). The fourth-order valence-electron chi connectivity index (χ4n) is 4.23. The summed E-state index contributed by atoms with van der Waals surface area (Å²) in [5.74, 6) is 0.989. The van der Waals surface area contributed by atoms with Crippen molar-refractivity contribution >= 4 is 17.7 Å². The van der Waals surface area contributed by atoms with Crippen LogP contribution in [0.3, 0.4) is 0 Å². The van der Waals surface area contributed by atoms with Gasteiger partial charge in [0.1, 0.15) is 0 Å². The van der Waals surface area contributed by atoms with Gasteiger partial charge in [0.15, 0.2) is 0 Å². The Hall–Kier alpha value is -1.43. The smallest absolute Gasteiger partial charge is 0.247 e. The summed E-state index contributed by atoms with van der Waals surface area (Å²) in [6, 6.07) is -0.302. The molecule has 0 saturated carbocycles. The molecule has 0 N–H and O–H groups in total. The van der Waals surface area contributed by atoms with Crippen LogP contribution in [-0.2, 0) is 14.4 Å². The summed E-state index contributed by atoms with van der Waals surface area (Å²) in [5, 5.41) is 0. The number of hydrogen-bond donors (Lipinski definition) is 0. The second-order valence-electron chi connectivity index (χ2n) is 7.51. The number of likely N-dealkylation sites (tertiary alicyclic amines) is 3. The Labute approximate surface area is 144 Å². The van der Waals surface area contributed by atoms with E-state index in [9.17, 15) is 14.4 Å². The van der Waals surface area contributed by atoms with Gasteiger partial charge in [-0.25, -0.2) is 0 Å². The van der Waals surface area contributed by atoms with Gasteiger partial charge in [-0.1, -0.05) is 6.92 Å². The molecule has 6 heteroatoms. The van der Waals surface area contributed by atoms with Crippen LogP contribution in [0.1, 0.15) is 46.0 Å². The molecule has 3 amide bonds. The van der Waals surface area contributed by atoms with Crippen molar-refractivity contribution in [3.05, 3.63) is 0 Å². The molecule has 0 aromatic rings. The molecule has 0 bridgehead atoms. The molecule has 0 unspecified atom stereocenters. The maximum atomic E-state index is 12.7. The molecule has 3 saturated heterocycles. The third kappa shape index (κ3) is 3.34. The van der Waals surface area contributed by atoms with Crippen molar-refractivity contribution in [3.8, 4) is 0 Å². The van der Waals surface area contributed by atoms with Gasteiger partial charge < -0.3 is 4.90 Å². The first kappa shape index (κ1) is 17.4. The van der Waals surface area contributed by atoms with Crippen LogP contribution in [0, 0.1) is 11.8 Å². The number of likely N-dealkylation sites (N-methyl/N-ethyl adjacent to an activating group) is 1. The van der Waals surface area contributed by atoms with Crippen molar-refractivity contribution < 1.29 is 14.4 Å². The average molecular weight is 335 g/mol. The first-order valence-electron chi connectivity index (χ1n) is 9.38. The largest absolute Gasteiger partial charge is 0.342 e. The van der Waals surface area contributed by atoms with Crippen molar-refractivity contribution in [2.75, 3.05) is 32.7 Å². The summed E-state index contributed by atoms with van der Waals surface area (Å²) in [5.41, 5.74) is 0. The van der Waals surface area contributed by atoms with E-state index in [1.807, 2.05) is 11.8 Å². The van der Waals surface area contributed by atoms with E-state index in [1.54, 1.807) is 0 Å². The zero-order valence-corrected chi connectivity index (χ0v) is 14.9. The summed E-state index contributed by atoms with van der Waals surface area (Å²) in [6.07, 6.45) is 4.12. The highest BCUT2D eigenvalue weighted by Crippen LogP contribution is 2.27. The zero-order valence-electron chi connectivity index (χ0n) is 14.9. The van der Waals surface area contributed by atoms with Gasteiger partial charge in [0.25, 0.3) is 0 Å². The summed E-state index contributed by atoms with van der Waals surface area (Å²) in [7, 11) is 0. The Kier molecular flexibility index (Phi) is 5.23. The van der Waals surface area contributed by atoms with Gasteiger partial charge in [-0.05, 0) is 51.6 Å². The average Bonchev–Trinajstić information content (AvgIpc) is 2.89. The lowest BCUT2D eigenvalue weighted by molar-refractivity contribution is -0.140. The quantitative estimate of drug-likeness (QED) is 0.725. The Morgan fingerprint density at radius 1 is 1.04 bits per heavy atom. The van der Waals surface area contributed by atoms with Crippen molar-refractivity contribution in [2.45, 2.75) is 52.0 Å². The number of rotatable bonds is 3. The standard InChI is InChI=1S/C18H29N3O3/c1-3-21-16(22)12-15(18(21)24)19-10-6-14(7-11-19)17(23)20-8-4-13(2)5-9-20/h13-15H,3-12H2,1-2H3/t15-/m1/s1. The first-order chi connectivity index (χ1) is 11.5. The maximum Gasteiger partial charge on any atom is 0.247 e. The van der Waals surface area contributed by atoms with Crippen LogP contribution in [0.25, 0.3) is 0 Å². The number of carbonyl (C=O) groups is 3. The Morgan fingerprint density at radius 2 is 1.67 bits per heavy atom. The van der Waals surface area contributed by atoms with E-state index >= 15 is 0 Å². The molecular weight excluding hydrogens is 306 g/mol. The SMILES string of the molecule is CCN1C(=O)C[C@@H](N2CCC(C(=O)N3CCC(C)CC3)CC2)C1=O. The van der Waals surface area contributed by atoms with Crippen molar-refractivity contribution in [3.63, 3.8) is 0 Å². The molecule has 3 fully saturated rings. The van der Waals surface area contributed by atoms with E-state index < -0.39 is 0 Å². The van der Waals surface area contributed by atoms with Crippen molar-refractivity contribution in [1.82, 2.24) is 14.7 Å². The third-order valence-electron chi connectivity index (χ3n) is 5.95. The summed E-state index contributed by atoms with van der Waals surface area (Å²) in [6.45, 7) is 7.80. The van der Waals surface area contributed by atoms with Crippen LogP contribution in [0.15, 0.2) is 0 Å². The van der Waals surface area contributed by atoms with E-state index in [1.165, 1.54) is 4.90 Å². The number of hydrogen-bond acceptors (Lipinski definition) is 4. The molecule has 1 atom stereocenters. The highest BCUT2D eigenvalue weighted by molar-refractivity contribution is 6.05. The van der Waals surface area contributed by atoms with Gasteiger partial charge in [-0.2, -0.15) is 0 Å². The maximum absolute atomic E-state index is 12.7. The number of carbonyl (C=O) groups excluding carboxylic acids is 3. The topological polar surface area (TPSA) is 60.9 Å². The van der Waals surface area contributed by atoms with Crippen LogP contribution in [0.5, 0.6) is 0 Å². The fourth-order valence-corrected chi connectivity index (χ4v) is 4.23.